The first kappa shape index (κ1) is 18.5. The van der Waals surface area contributed by atoms with E-state index in [4.69, 9.17) is 4.74 Å². The summed E-state index contributed by atoms with van der Waals surface area (Å²) in [5, 5.41) is 12.0. The number of hydrogen-bond donors (Lipinski definition) is 2. The van der Waals surface area contributed by atoms with Gasteiger partial charge in [0.1, 0.15) is 6.61 Å². The Labute approximate surface area is 164 Å². The zero-order valence-corrected chi connectivity index (χ0v) is 15.8. The maximum Gasteiger partial charge on any atom is 0.407 e. The van der Waals surface area contributed by atoms with Crippen LogP contribution in [0.4, 0.5) is 4.79 Å². The number of hydrogen-bond acceptors (Lipinski definition) is 3. The van der Waals surface area contributed by atoms with Crippen molar-refractivity contribution in [2.45, 2.75) is 31.6 Å². The van der Waals surface area contributed by atoms with E-state index in [-0.39, 0.29) is 17.8 Å². The summed E-state index contributed by atoms with van der Waals surface area (Å²) in [4.78, 5) is 23.4. The highest BCUT2D eigenvalue weighted by Gasteiger charge is 2.30. The van der Waals surface area contributed by atoms with Gasteiger partial charge in [0.2, 0.25) is 0 Å². The normalized spacial score (nSPS) is 20.9. The largest absolute Gasteiger partial charge is 0.481 e. The van der Waals surface area contributed by atoms with Crippen LogP contribution in [0, 0.1) is 11.8 Å². The van der Waals surface area contributed by atoms with Crippen molar-refractivity contribution in [1.82, 2.24) is 5.32 Å². The molecule has 1 amide bonds. The van der Waals surface area contributed by atoms with Crippen LogP contribution < -0.4 is 5.32 Å². The lowest BCUT2D eigenvalue weighted by Crippen LogP contribution is -2.34. The predicted molar refractivity (Wildman–Crippen MR) is 106 cm³/mol. The number of carboxylic acids is 1. The molecule has 0 spiro atoms. The summed E-state index contributed by atoms with van der Waals surface area (Å²) in [6.45, 7) is 0.767. The zero-order chi connectivity index (χ0) is 19.5. The van der Waals surface area contributed by atoms with Crippen molar-refractivity contribution in [1.29, 1.82) is 0 Å². The first-order valence-electron chi connectivity index (χ1n) is 9.95. The van der Waals surface area contributed by atoms with Crippen molar-refractivity contribution >= 4 is 12.1 Å². The molecule has 4 rings (SSSR count). The van der Waals surface area contributed by atoms with Crippen LogP contribution in [0.3, 0.4) is 0 Å². The summed E-state index contributed by atoms with van der Waals surface area (Å²) >= 11 is 0. The molecule has 2 aliphatic carbocycles. The minimum absolute atomic E-state index is 0.0456. The molecule has 1 fully saturated rings. The molecule has 1 saturated carbocycles. The van der Waals surface area contributed by atoms with Gasteiger partial charge in [-0.15, -0.1) is 0 Å². The number of ether oxygens (including phenoxy) is 1. The Morgan fingerprint density at radius 2 is 1.64 bits per heavy atom. The number of benzene rings is 2. The van der Waals surface area contributed by atoms with E-state index >= 15 is 0 Å². The van der Waals surface area contributed by atoms with Crippen LogP contribution in [-0.2, 0) is 9.53 Å². The maximum atomic E-state index is 12.2. The zero-order valence-electron chi connectivity index (χ0n) is 15.8. The number of amides is 1. The number of rotatable bonds is 5. The van der Waals surface area contributed by atoms with E-state index in [9.17, 15) is 14.7 Å². The van der Waals surface area contributed by atoms with Crippen LogP contribution in [0.5, 0.6) is 0 Å². The minimum Gasteiger partial charge on any atom is -0.481 e. The standard InChI is InChI=1S/C23H25NO4/c25-22(26)16-7-5-6-15(12-16)13-24-23(27)28-14-21-19-10-3-1-8-17(19)18-9-2-4-11-20(18)21/h1-4,8-11,15-16,21H,5-7,12-14H2,(H,24,27)(H,25,26)/t15-,16+/m0/s1. The van der Waals surface area contributed by atoms with Gasteiger partial charge in [0, 0.05) is 12.5 Å². The number of carbonyl (C=O) groups is 2. The summed E-state index contributed by atoms with van der Waals surface area (Å²) < 4.78 is 5.54. The van der Waals surface area contributed by atoms with Gasteiger partial charge < -0.3 is 15.2 Å². The summed E-state index contributed by atoms with van der Waals surface area (Å²) in [7, 11) is 0. The van der Waals surface area contributed by atoms with Crippen LogP contribution in [-0.4, -0.2) is 30.3 Å². The highest BCUT2D eigenvalue weighted by atomic mass is 16.5. The van der Waals surface area contributed by atoms with E-state index in [2.05, 4.69) is 29.6 Å². The quantitative estimate of drug-likeness (QED) is 0.806. The van der Waals surface area contributed by atoms with Crippen LogP contribution in [0.2, 0.25) is 0 Å². The lowest BCUT2D eigenvalue weighted by atomic mass is 9.81. The number of carboxylic acid groups (broad SMARTS) is 1. The average Bonchev–Trinajstić information content (AvgIpc) is 3.05. The second-order valence-electron chi connectivity index (χ2n) is 7.77. The monoisotopic (exact) mass is 379 g/mol. The Kier molecular flexibility index (Phi) is 5.33. The van der Waals surface area contributed by atoms with Crippen molar-refractivity contribution < 1.29 is 19.4 Å². The minimum atomic E-state index is -0.731. The van der Waals surface area contributed by atoms with Gasteiger partial charge >= 0.3 is 12.1 Å². The van der Waals surface area contributed by atoms with E-state index in [0.717, 1.165) is 19.3 Å². The molecule has 0 saturated heterocycles. The fourth-order valence-corrected chi connectivity index (χ4v) is 4.58. The van der Waals surface area contributed by atoms with Gasteiger partial charge in [0.25, 0.3) is 0 Å². The lowest BCUT2D eigenvalue weighted by molar-refractivity contribution is -0.143. The van der Waals surface area contributed by atoms with Gasteiger partial charge in [-0.3, -0.25) is 4.79 Å². The van der Waals surface area contributed by atoms with E-state index in [1.165, 1.54) is 22.3 Å². The van der Waals surface area contributed by atoms with Gasteiger partial charge in [-0.25, -0.2) is 4.79 Å². The van der Waals surface area contributed by atoms with E-state index < -0.39 is 12.1 Å². The topological polar surface area (TPSA) is 75.6 Å². The SMILES string of the molecule is O=C(NC[C@H]1CCC[C@@H](C(=O)O)C1)OCC1c2ccccc2-c2ccccc21. The molecule has 0 unspecified atom stereocenters. The fourth-order valence-electron chi connectivity index (χ4n) is 4.58. The number of aliphatic carboxylic acids is 1. The molecule has 0 aliphatic heterocycles. The number of nitrogens with one attached hydrogen (secondary N) is 1. The molecule has 0 bridgehead atoms. The third kappa shape index (κ3) is 3.75. The van der Waals surface area contributed by atoms with Gasteiger partial charge in [-0.2, -0.15) is 0 Å². The molecule has 0 radical (unpaired) electrons. The van der Waals surface area contributed by atoms with Gasteiger partial charge in [-0.05, 0) is 47.4 Å². The number of fused-ring (bicyclic) bond motifs is 3. The highest BCUT2D eigenvalue weighted by Crippen LogP contribution is 2.44. The van der Waals surface area contributed by atoms with Crippen molar-refractivity contribution in [2.24, 2.45) is 11.8 Å². The van der Waals surface area contributed by atoms with E-state index in [1.54, 1.807) is 0 Å². The van der Waals surface area contributed by atoms with Crippen LogP contribution in [0.25, 0.3) is 11.1 Å². The van der Waals surface area contributed by atoms with E-state index in [1.807, 2.05) is 24.3 Å². The Hall–Kier alpha value is -2.82. The Bertz CT molecular complexity index is 833. The van der Waals surface area contributed by atoms with E-state index in [0.29, 0.717) is 19.6 Å². The average molecular weight is 379 g/mol. The summed E-state index contributed by atoms with van der Waals surface area (Å²) in [6, 6.07) is 16.5. The van der Waals surface area contributed by atoms with Crippen molar-refractivity contribution in [3.8, 4) is 11.1 Å². The van der Waals surface area contributed by atoms with Crippen LogP contribution >= 0.6 is 0 Å². The molecule has 5 heteroatoms. The van der Waals surface area contributed by atoms with Gasteiger partial charge in [-0.1, -0.05) is 55.0 Å². The first-order valence-corrected chi connectivity index (χ1v) is 9.95. The second-order valence-corrected chi connectivity index (χ2v) is 7.77. The summed E-state index contributed by atoms with van der Waals surface area (Å²) in [6.07, 6.45) is 2.77. The molecule has 2 N–H and O–H groups in total. The maximum absolute atomic E-state index is 12.2. The molecule has 2 atom stereocenters. The van der Waals surface area contributed by atoms with Crippen molar-refractivity contribution in [3.05, 3.63) is 59.7 Å². The highest BCUT2D eigenvalue weighted by molar-refractivity contribution is 5.79. The Morgan fingerprint density at radius 3 is 2.29 bits per heavy atom. The molecule has 2 aromatic carbocycles. The number of carbonyl (C=O) groups excluding carboxylic acids is 1. The predicted octanol–water partition coefficient (Wildman–Crippen LogP) is 4.42. The molecular formula is C23H25NO4. The van der Waals surface area contributed by atoms with Gasteiger partial charge in [0.15, 0.2) is 0 Å². The molecule has 0 aromatic heterocycles. The third-order valence-corrected chi connectivity index (χ3v) is 6.01. The Morgan fingerprint density at radius 1 is 1.00 bits per heavy atom. The van der Waals surface area contributed by atoms with Crippen LogP contribution in [0.15, 0.2) is 48.5 Å². The molecular weight excluding hydrogens is 354 g/mol. The molecule has 2 aromatic rings. The molecule has 2 aliphatic rings. The first-order chi connectivity index (χ1) is 13.6. The van der Waals surface area contributed by atoms with Crippen molar-refractivity contribution in [3.63, 3.8) is 0 Å². The summed E-state index contributed by atoms with van der Waals surface area (Å²) in [5.41, 5.74) is 4.78. The van der Waals surface area contributed by atoms with Gasteiger partial charge in [0.05, 0.1) is 5.92 Å². The molecule has 5 nitrogen and oxygen atoms in total. The Balaban J connectivity index is 1.33. The van der Waals surface area contributed by atoms with Crippen LogP contribution in [0.1, 0.15) is 42.7 Å². The lowest BCUT2D eigenvalue weighted by Gasteiger charge is -2.26. The summed E-state index contributed by atoms with van der Waals surface area (Å²) in [5.74, 6) is -0.770. The second kappa shape index (κ2) is 8.05. The molecule has 146 valence electrons. The fraction of sp³-hybridized carbons (Fsp3) is 0.391. The number of alkyl carbamates (subject to hydrolysis) is 1. The molecule has 0 heterocycles. The third-order valence-electron chi connectivity index (χ3n) is 6.01. The van der Waals surface area contributed by atoms with Crippen molar-refractivity contribution in [2.75, 3.05) is 13.2 Å². The smallest absolute Gasteiger partial charge is 0.407 e. The molecule has 28 heavy (non-hydrogen) atoms.